The molecule has 3 atom stereocenters. The van der Waals surface area contributed by atoms with E-state index in [4.69, 9.17) is 0 Å². The number of benzene rings is 1. The molecule has 2 aliphatic rings. The van der Waals surface area contributed by atoms with Gasteiger partial charge >= 0.3 is 5.97 Å². The van der Waals surface area contributed by atoms with Crippen molar-refractivity contribution < 1.29 is 18.3 Å². The largest absolute Gasteiger partial charge is 0.480 e. The van der Waals surface area contributed by atoms with Crippen LogP contribution >= 0.6 is 0 Å². The Hall–Kier alpha value is -1.48. The molecule has 1 aliphatic heterocycles. The molecule has 8 heteroatoms. The number of carboxylic acids is 1. The number of rotatable bonds is 8. The van der Waals surface area contributed by atoms with Crippen LogP contribution in [0.25, 0.3) is 0 Å². The van der Waals surface area contributed by atoms with Crippen LogP contribution in [0.4, 0.5) is 0 Å². The van der Waals surface area contributed by atoms with Gasteiger partial charge < -0.3 is 10.0 Å². The van der Waals surface area contributed by atoms with Crippen LogP contribution in [0.15, 0.2) is 30.3 Å². The SMILES string of the molecule is CC(C)CCN1CCN(S(=O)(=O)N[C@@]2(C(=O)O)C(C)[C@@H]2c2ccccc2)CC1. The normalized spacial score (nSPS) is 29.1. The van der Waals surface area contributed by atoms with E-state index in [1.54, 1.807) is 6.92 Å². The molecule has 2 N–H and O–H groups in total. The van der Waals surface area contributed by atoms with Crippen molar-refractivity contribution in [2.24, 2.45) is 11.8 Å². The average Bonchev–Trinajstić information content (AvgIpc) is 3.25. The predicted octanol–water partition coefficient (Wildman–Crippen LogP) is 1.74. The topological polar surface area (TPSA) is 90.0 Å². The molecule has 1 aromatic carbocycles. The molecular formula is C20H31N3O4S. The molecule has 2 fully saturated rings. The Morgan fingerprint density at radius 3 is 2.36 bits per heavy atom. The summed E-state index contributed by atoms with van der Waals surface area (Å²) in [5, 5.41) is 9.88. The quantitative estimate of drug-likeness (QED) is 0.683. The zero-order valence-corrected chi connectivity index (χ0v) is 17.7. The Bertz CT molecular complexity index is 791. The van der Waals surface area contributed by atoms with Gasteiger partial charge in [0.05, 0.1) is 0 Å². The molecule has 1 unspecified atom stereocenters. The van der Waals surface area contributed by atoms with Crippen molar-refractivity contribution in [1.29, 1.82) is 0 Å². The van der Waals surface area contributed by atoms with Gasteiger partial charge in [0.2, 0.25) is 0 Å². The lowest BCUT2D eigenvalue weighted by molar-refractivity contribution is -0.140. The first-order valence-corrected chi connectivity index (χ1v) is 11.4. The smallest absolute Gasteiger partial charge is 0.325 e. The molecule has 1 heterocycles. The summed E-state index contributed by atoms with van der Waals surface area (Å²) in [5.74, 6) is -1.18. The van der Waals surface area contributed by atoms with Gasteiger partial charge in [-0.25, -0.2) is 0 Å². The van der Waals surface area contributed by atoms with Gasteiger partial charge in [-0.2, -0.15) is 17.4 Å². The Labute approximate surface area is 167 Å². The lowest BCUT2D eigenvalue weighted by Gasteiger charge is -2.35. The Kier molecular flexibility index (Phi) is 6.14. The third kappa shape index (κ3) is 4.10. The summed E-state index contributed by atoms with van der Waals surface area (Å²) in [6.45, 7) is 9.22. The molecule has 0 radical (unpaired) electrons. The van der Waals surface area contributed by atoms with Gasteiger partial charge in [0.15, 0.2) is 0 Å². The highest BCUT2D eigenvalue weighted by atomic mass is 32.2. The molecule has 0 amide bonds. The highest BCUT2D eigenvalue weighted by Gasteiger charge is 2.70. The third-order valence-electron chi connectivity index (χ3n) is 6.10. The molecule has 156 valence electrons. The molecular weight excluding hydrogens is 378 g/mol. The second kappa shape index (κ2) is 8.10. The van der Waals surface area contributed by atoms with Crippen molar-refractivity contribution in [2.75, 3.05) is 32.7 Å². The summed E-state index contributed by atoms with van der Waals surface area (Å²) < 4.78 is 29.9. The summed E-state index contributed by atoms with van der Waals surface area (Å²) in [7, 11) is -3.88. The molecule has 0 spiro atoms. The molecule has 7 nitrogen and oxygen atoms in total. The summed E-state index contributed by atoms with van der Waals surface area (Å²) in [5.41, 5.74) is -0.631. The molecule has 0 aromatic heterocycles. The predicted molar refractivity (Wildman–Crippen MR) is 108 cm³/mol. The van der Waals surface area contributed by atoms with Crippen molar-refractivity contribution in [3.8, 4) is 0 Å². The standard InChI is InChI=1S/C20H31N3O4S/c1-15(2)9-10-22-11-13-23(14-12-22)28(26,27)21-20(19(24)25)16(3)18(20)17-7-5-4-6-8-17/h4-8,15-16,18,21H,9-14H2,1-3H3,(H,24,25)/t16?,18-,20+/m1/s1. The minimum atomic E-state index is -3.88. The number of carboxylic acid groups (broad SMARTS) is 1. The van der Waals surface area contributed by atoms with Crippen LogP contribution < -0.4 is 4.72 Å². The van der Waals surface area contributed by atoms with Gasteiger partial charge in [-0.05, 0) is 30.4 Å². The van der Waals surface area contributed by atoms with Crippen molar-refractivity contribution in [2.45, 2.75) is 38.6 Å². The fourth-order valence-corrected chi connectivity index (χ4v) is 5.81. The molecule has 1 aliphatic carbocycles. The van der Waals surface area contributed by atoms with Gasteiger partial charge in [-0.15, -0.1) is 0 Å². The van der Waals surface area contributed by atoms with Gasteiger partial charge in [0.25, 0.3) is 10.2 Å². The van der Waals surface area contributed by atoms with E-state index in [9.17, 15) is 18.3 Å². The van der Waals surface area contributed by atoms with Crippen LogP contribution in [-0.2, 0) is 15.0 Å². The highest BCUT2D eigenvalue weighted by Crippen LogP contribution is 2.57. The van der Waals surface area contributed by atoms with E-state index in [2.05, 4.69) is 23.5 Å². The first-order chi connectivity index (χ1) is 13.2. The van der Waals surface area contributed by atoms with Crippen molar-refractivity contribution in [3.05, 3.63) is 35.9 Å². The molecule has 1 saturated heterocycles. The van der Waals surface area contributed by atoms with E-state index in [1.165, 1.54) is 4.31 Å². The summed E-state index contributed by atoms with van der Waals surface area (Å²) in [4.78, 5) is 14.4. The highest BCUT2D eigenvalue weighted by molar-refractivity contribution is 7.87. The fraction of sp³-hybridized carbons (Fsp3) is 0.650. The van der Waals surface area contributed by atoms with Crippen LogP contribution in [0.5, 0.6) is 0 Å². The van der Waals surface area contributed by atoms with E-state index < -0.39 is 21.7 Å². The van der Waals surface area contributed by atoms with E-state index in [-0.39, 0.29) is 11.8 Å². The number of aliphatic carboxylic acids is 1. The second-order valence-electron chi connectivity index (χ2n) is 8.38. The first-order valence-electron chi connectivity index (χ1n) is 9.98. The van der Waals surface area contributed by atoms with Gasteiger partial charge in [-0.3, -0.25) is 4.79 Å². The van der Waals surface area contributed by atoms with E-state index in [0.717, 1.165) is 18.5 Å². The van der Waals surface area contributed by atoms with Crippen molar-refractivity contribution in [1.82, 2.24) is 13.9 Å². The first kappa shape index (κ1) is 21.2. The maximum absolute atomic E-state index is 13.0. The van der Waals surface area contributed by atoms with Crippen molar-refractivity contribution >= 4 is 16.2 Å². The lowest BCUT2D eigenvalue weighted by atomic mass is 10.1. The monoisotopic (exact) mass is 409 g/mol. The number of hydrogen-bond donors (Lipinski definition) is 2. The fourth-order valence-electron chi connectivity index (χ4n) is 4.21. The maximum Gasteiger partial charge on any atom is 0.325 e. The Balaban J connectivity index is 1.68. The van der Waals surface area contributed by atoms with Crippen LogP contribution in [0.3, 0.4) is 0 Å². The van der Waals surface area contributed by atoms with Gasteiger partial charge in [0, 0.05) is 32.1 Å². The Morgan fingerprint density at radius 2 is 1.82 bits per heavy atom. The summed E-state index contributed by atoms with van der Waals surface area (Å²) >= 11 is 0. The number of nitrogens with one attached hydrogen (secondary N) is 1. The van der Waals surface area contributed by atoms with Gasteiger partial charge in [-0.1, -0.05) is 51.1 Å². The zero-order valence-electron chi connectivity index (χ0n) is 16.8. The van der Waals surface area contributed by atoms with Crippen LogP contribution in [0.2, 0.25) is 0 Å². The van der Waals surface area contributed by atoms with E-state index in [0.29, 0.717) is 32.1 Å². The molecule has 1 saturated carbocycles. The zero-order chi connectivity index (χ0) is 20.5. The lowest BCUT2D eigenvalue weighted by Crippen LogP contribution is -2.56. The Morgan fingerprint density at radius 1 is 1.21 bits per heavy atom. The molecule has 28 heavy (non-hydrogen) atoms. The molecule has 1 aromatic rings. The second-order valence-corrected chi connectivity index (χ2v) is 10.1. The maximum atomic E-state index is 13.0. The average molecular weight is 410 g/mol. The molecule has 3 rings (SSSR count). The number of carbonyl (C=O) groups is 1. The molecule has 0 bridgehead atoms. The minimum absolute atomic E-state index is 0.311. The van der Waals surface area contributed by atoms with E-state index in [1.807, 2.05) is 30.3 Å². The van der Waals surface area contributed by atoms with Gasteiger partial charge in [0.1, 0.15) is 5.54 Å². The number of piperazine rings is 1. The summed E-state index contributed by atoms with van der Waals surface area (Å²) in [6.07, 6.45) is 1.09. The summed E-state index contributed by atoms with van der Waals surface area (Å²) in [6, 6.07) is 9.26. The van der Waals surface area contributed by atoms with Crippen LogP contribution in [0.1, 0.15) is 38.7 Å². The minimum Gasteiger partial charge on any atom is -0.480 e. The van der Waals surface area contributed by atoms with Crippen LogP contribution in [0, 0.1) is 11.8 Å². The number of nitrogens with zero attached hydrogens (tertiary/aromatic N) is 2. The van der Waals surface area contributed by atoms with Crippen molar-refractivity contribution in [3.63, 3.8) is 0 Å². The number of hydrogen-bond acceptors (Lipinski definition) is 4. The van der Waals surface area contributed by atoms with E-state index >= 15 is 0 Å². The van der Waals surface area contributed by atoms with Crippen LogP contribution in [-0.4, -0.2) is 67.0 Å². The third-order valence-corrected chi connectivity index (χ3v) is 7.74.